The quantitative estimate of drug-likeness (QED) is 0.669. The van der Waals surface area contributed by atoms with E-state index < -0.39 is 5.97 Å². The number of benzene rings is 1. The molecule has 0 aliphatic rings. The zero-order valence-electron chi connectivity index (χ0n) is 11.0. The summed E-state index contributed by atoms with van der Waals surface area (Å²) in [5, 5.41) is 0. The number of ether oxygens (including phenoxy) is 3. The average molecular weight is 275 g/mol. The van der Waals surface area contributed by atoms with Crippen LogP contribution in [0.3, 0.4) is 0 Å². The van der Waals surface area contributed by atoms with Gasteiger partial charge in [0.15, 0.2) is 0 Å². The van der Waals surface area contributed by atoms with Crippen molar-refractivity contribution in [3.05, 3.63) is 36.3 Å². The molecular weight excluding hydrogens is 262 g/mol. The molecule has 104 valence electrons. The van der Waals surface area contributed by atoms with Gasteiger partial charge in [0.1, 0.15) is 11.5 Å². The number of nitrogens with zero attached hydrogens (tertiary/aromatic N) is 2. The lowest BCUT2D eigenvalue weighted by atomic mass is 10.3. The molecule has 0 saturated carbocycles. The number of hydrogen-bond donors (Lipinski definition) is 1. The molecule has 0 atom stereocenters. The number of nitrogen functional groups attached to an aromatic ring is 1. The lowest BCUT2D eigenvalue weighted by molar-refractivity contribution is 0.0585. The fraction of sp³-hybridized carbons (Fsp3) is 0.154. The minimum atomic E-state index is -0.635. The van der Waals surface area contributed by atoms with Gasteiger partial charge in [-0.25, -0.2) is 9.78 Å². The Morgan fingerprint density at radius 2 is 2.05 bits per heavy atom. The molecular formula is C13H13N3O4. The van der Waals surface area contributed by atoms with Crippen LogP contribution in [0.2, 0.25) is 0 Å². The van der Waals surface area contributed by atoms with Crippen LogP contribution in [0.25, 0.3) is 0 Å². The molecule has 0 saturated heterocycles. The van der Waals surface area contributed by atoms with Crippen LogP contribution < -0.4 is 15.2 Å². The number of carbonyl (C=O) groups excluding carboxylic acids is 1. The number of carbonyl (C=O) groups is 1. The molecule has 2 rings (SSSR count). The summed E-state index contributed by atoms with van der Waals surface area (Å²) in [7, 11) is 2.78. The van der Waals surface area contributed by atoms with Gasteiger partial charge in [-0.15, -0.1) is 0 Å². The summed E-state index contributed by atoms with van der Waals surface area (Å²) in [6.07, 6.45) is 1.40. The van der Waals surface area contributed by atoms with Crippen molar-refractivity contribution >= 4 is 11.7 Å². The van der Waals surface area contributed by atoms with E-state index >= 15 is 0 Å². The molecule has 0 radical (unpaired) electrons. The third kappa shape index (κ3) is 2.94. The van der Waals surface area contributed by atoms with Crippen LogP contribution in [0.4, 0.5) is 5.69 Å². The molecule has 20 heavy (non-hydrogen) atoms. The summed E-state index contributed by atoms with van der Waals surface area (Å²) in [6.45, 7) is 0. The minimum absolute atomic E-state index is 0.0773. The van der Waals surface area contributed by atoms with Crippen LogP contribution in [0, 0.1) is 0 Å². The Labute approximate surface area is 115 Å². The lowest BCUT2D eigenvalue weighted by Gasteiger charge is -2.08. The Balaban J connectivity index is 2.21. The maximum Gasteiger partial charge on any atom is 0.376 e. The van der Waals surface area contributed by atoms with E-state index in [4.69, 9.17) is 15.2 Å². The van der Waals surface area contributed by atoms with Crippen molar-refractivity contribution in [3.63, 3.8) is 0 Å². The van der Waals surface area contributed by atoms with Crippen molar-refractivity contribution in [1.29, 1.82) is 0 Å². The van der Waals surface area contributed by atoms with Crippen molar-refractivity contribution in [3.8, 4) is 17.4 Å². The number of rotatable bonds is 4. The third-order valence-electron chi connectivity index (χ3n) is 2.42. The molecule has 1 aromatic carbocycles. The third-order valence-corrected chi connectivity index (χ3v) is 2.42. The van der Waals surface area contributed by atoms with Gasteiger partial charge < -0.3 is 19.9 Å². The maximum atomic E-state index is 11.3. The zero-order valence-corrected chi connectivity index (χ0v) is 11.0. The predicted octanol–water partition coefficient (Wildman–Crippen LogP) is 1.65. The predicted molar refractivity (Wildman–Crippen MR) is 70.9 cm³/mol. The van der Waals surface area contributed by atoms with E-state index in [2.05, 4.69) is 14.7 Å². The Hall–Kier alpha value is -2.83. The second kappa shape index (κ2) is 5.87. The van der Waals surface area contributed by atoms with Crippen molar-refractivity contribution in [2.75, 3.05) is 20.0 Å². The fourth-order valence-corrected chi connectivity index (χ4v) is 1.49. The maximum absolute atomic E-state index is 11.3. The van der Waals surface area contributed by atoms with Crippen molar-refractivity contribution in [2.45, 2.75) is 0 Å². The molecule has 0 spiro atoms. The van der Waals surface area contributed by atoms with Crippen LogP contribution in [-0.4, -0.2) is 30.2 Å². The molecule has 0 amide bonds. The molecule has 0 aliphatic heterocycles. The van der Waals surface area contributed by atoms with E-state index in [1.165, 1.54) is 26.5 Å². The molecule has 7 heteroatoms. The molecule has 2 aromatic rings. The lowest BCUT2D eigenvalue weighted by Crippen LogP contribution is -2.07. The standard InChI is InChI=1S/C13H13N3O4/c1-18-10-4-3-8(7-9(10)14)20-11-5-6-15-12(16-11)13(17)19-2/h3-7H,14H2,1-2H3. The second-order valence-electron chi connectivity index (χ2n) is 3.72. The van der Waals surface area contributed by atoms with E-state index in [-0.39, 0.29) is 11.7 Å². The molecule has 7 nitrogen and oxygen atoms in total. The SMILES string of the molecule is COC(=O)c1nccc(Oc2ccc(OC)c(N)c2)n1. The normalized spacial score (nSPS) is 9.90. The Bertz CT molecular complexity index is 631. The molecule has 0 aliphatic carbocycles. The highest BCUT2D eigenvalue weighted by molar-refractivity contribution is 5.85. The number of esters is 1. The first-order valence-corrected chi connectivity index (χ1v) is 5.66. The molecule has 0 unspecified atom stereocenters. The summed E-state index contributed by atoms with van der Waals surface area (Å²) < 4.78 is 15.1. The second-order valence-corrected chi connectivity index (χ2v) is 3.72. The first-order chi connectivity index (χ1) is 9.63. The molecule has 0 bridgehead atoms. The molecule has 2 N–H and O–H groups in total. The first kappa shape index (κ1) is 13.6. The van der Waals surface area contributed by atoms with Crippen LogP contribution in [0.5, 0.6) is 17.4 Å². The van der Waals surface area contributed by atoms with Crippen molar-refractivity contribution in [2.24, 2.45) is 0 Å². The highest BCUT2D eigenvalue weighted by Gasteiger charge is 2.11. The number of hydrogen-bond acceptors (Lipinski definition) is 7. The highest BCUT2D eigenvalue weighted by atomic mass is 16.5. The smallest absolute Gasteiger partial charge is 0.376 e. The first-order valence-electron chi connectivity index (χ1n) is 5.66. The van der Waals surface area contributed by atoms with Gasteiger partial charge in [-0.3, -0.25) is 0 Å². The van der Waals surface area contributed by atoms with Crippen LogP contribution in [0.1, 0.15) is 10.6 Å². The van der Waals surface area contributed by atoms with Gasteiger partial charge in [0.2, 0.25) is 11.7 Å². The van der Waals surface area contributed by atoms with Crippen LogP contribution in [-0.2, 0) is 4.74 Å². The topological polar surface area (TPSA) is 96.6 Å². The summed E-state index contributed by atoms with van der Waals surface area (Å²) >= 11 is 0. The summed E-state index contributed by atoms with van der Waals surface area (Å²) in [6, 6.07) is 6.47. The minimum Gasteiger partial charge on any atom is -0.495 e. The average Bonchev–Trinajstić information content (AvgIpc) is 2.47. The molecule has 0 fully saturated rings. The van der Waals surface area contributed by atoms with Gasteiger partial charge in [0, 0.05) is 18.3 Å². The largest absolute Gasteiger partial charge is 0.495 e. The Morgan fingerprint density at radius 1 is 1.25 bits per heavy atom. The van der Waals surface area contributed by atoms with E-state index in [9.17, 15) is 4.79 Å². The van der Waals surface area contributed by atoms with Gasteiger partial charge in [0.05, 0.1) is 19.9 Å². The van der Waals surface area contributed by atoms with Crippen LogP contribution >= 0.6 is 0 Å². The number of nitrogens with two attached hydrogens (primary N) is 1. The summed E-state index contributed by atoms with van der Waals surface area (Å²) in [4.78, 5) is 19.0. The summed E-state index contributed by atoms with van der Waals surface area (Å²) in [5.74, 6) is 0.522. The number of aromatic nitrogens is 2. The van der Waals surface area contributed by atoms with Crippen molar-refractivity contribution < 1.29 is 19.0 Å². The Kier molecular flexibility index (Phi) is 3.99. The van der Waals surface area contributed by atoms with Gasteiger partial charge >= 0.3 is 5.97 Å². The molecule has 1 aromatic heterocycles. The number of anilines is 1. The van der Waals surface area contributed by atoms with Gasteiger partial charge in [-0.1, -0.05) is 0 Å². The fourth-order valence-electron chi connectivity index (χ4n) is 1.49. The van der Waals surface area contributed by atoms with Crippen LogP contribution in [0.15, 0.2) is 30.5 Å². The summed E-state index contributed by atoms with van der Waals surface area (Å²) in [5.41, 5.74) is 6.21. The van der Waals surface area contributed by atoms with Gasteiger partial charge in [-0.2, -0.15) is 4.98 Å². The van der Waals surface area contributed by atoms with E-state index in [1.807, 2.05) is 0 Å². The van der Waals surface area contributed by atoms with Gasteiger partial charge in [-0.05, 0) is 12.1 Å². The monoisotopic (exact) mass is 275 g/mol. The number of methoxy groups -OCH3 is 2. The van der Waals surface area contributed by atoms with E-state index in [0.717, 1.165) is 0 Å². The van der Waals surface area contributed by atoms with E-state index in [0.29, 0.717) is 17.2 Å². The highest BCUT2D eigenvalue weighted by Crippen LogP contribution is 2.28. The molecule has 1 heterocycles. The van der Waals surface area contributed by atoms with E-state index in [1.54, 1.807) is 18.2 Å². The zero-order chi connectivity index (χ0) is 14.5. The van der Waals surface area contributed by atoms with Gasteiger partial charge in [0.25, 0.3) is 0 Å². The Morgan fingerprint density at radius 3 is 2.70 bits per heavy atom. The van der Waals surface area contributed by atoms with Crippen molar-refractivity contribution in [1.82, 2.24) is 9.97 Å².